The van der Waals surface area contributed by atoms with E-state index in [4.69, 9.17) is 9.47 Å². The van der Waals surface area contributed by atoms with E-state index in [0.717, 1.165) is 67.3 Å². The van der Waals surface area contributed by atoms with Gasteiger partial charge in [-0.25, -0.2) is 0 Å². The van der Waals surface area contributed by atoms with Crippen LogP contribution < -0.4 is 14.4 Å². The van der Waals surface area contributed by atoms with Crippen LogP contribution in [0.4, 0.5) is 17.1 Å². The highest BCUT2D eigenvalue weighted by Gasteiger charge is 2.29. The second-order valence-electron chi connectivity index (χ2n) is 11.6. The van der Waals surface area contributed by atoms with Gasteiger partial charge < -0.3 is 14.4 Å². The molecule has 7 rings (SSSR count). The van der Waals surface area contributed by atoms with Gasteiger partial charge in [-0.15, -0.1) is 0 Å². The van der Waals surface area contributed by atoms with Crippen molar-refractivity contribution in [2.24, 2.45) is 0 Å². The number of para-hydroxylation sites is 1. The van der Waals surface area contributed by atoms with Gasteiger partial charge in [-0.05, 0) is 88.8 Å². The fourth-order valence-corrected chi connectivity index (χ4v) is 5.84. The van der Waals surface area contributed by atoms with Crippen molar-refractivity contribution in [1.29, 1.82) is 0 Å². The summed E-state index contributed by atoms with van der Waals surface area (Å²) in [5, 5.41) is 2.09. The average molecular weight is 534 g/mol. The monoisotopic (exact) mass is 533 g/mol. The molecule has 2 aliphatic heterocycles. The first kappa shape index (κ1) is 25.0. The van der Waals surface area contributed by atoms with E-state index >= 15 is 0 Å². The molecule has 0 spiro atoms. The summed E-state index contributed by atoms with van der Waals surface area (Å²) in [7, 11) is 0. The largest absolute Gasteiger partial charge is 0.456 e. The summed E-state index contributed by atoms with van der Waals surface area (Å²) in [6, 6.07) is 34.1. The molecule has 0 radical (unpaired) electrons. The summed E-state index contributed by atoms with van der Waals surface area (Å²) in [6.07, 6.45) is 3.58. The fourth-order valence-electron chi connectivity index (χ4n) is 5.84. The van der Waals surface area contributed by atoms with Crippen LogP contribution in [-0.2, 0) is 5.41 Å². The van der Waals surface area contributed by atoms with Crippen LogP contribution in [0.2, 0.25) is 0 Å². The number of nitrogens with zero attached hydrogens (tertiary/aromatic N) is 1. The van der Waals surface area contributed by atoms with Crippen LogP contribution in [0.25, 0.3) is 27.5 Å². The summed E-state index contributed by atoms with van der Waals surface area (Å²) in [6.45, 7) is 14.8. The third kappa shape index (κ3) is 4.05. The van der Waals surface area contributed by atoms with Crippen molar-refractivity contribution < 1.29 is 9.47 Å². The second kappa shape index (κ2) is 9.28. The van der Waals surface area contributed by atoms with Gasteiger partial charge in [0.2, 0.25) is 0 Å². The van der Waals surface area contributed by atoms with Crippen molar-refractivity contribution in [2.75, 3.05) is 4.90 Å². The molecule has 41 heavy (non-hydrogen) atoms. The zero-order valence-electron chi connectivity index (χ0n) is 23.6. The Bertz CT molecular complexity index is 1890. The van der Waals surface area contributed by atoms with Gasteiger partial charge in [0.25, 0.3) is 0 Å². The maximum atomic E-state index is 6.62. The van der Waals surface area contributed by atoms with E-state index < -0.39 is 0 Å². The molecule has 3 heteroatoms. The van der Waals surface area contributed by atoms with E-state index in [9.17, 15) is 0 Å². The summed E-state index contributed by atoms with van der Waals surface area (Å²) >= 11 is 0. The summed E-state index contributed by atoms with van der Waals surface area (Å²) < 4.78 is 12.9. The highest BCUT2D eigenvalue weighted by molar-refractivity contribution is 6.13. The molecule has 3 nitrogen and oxygen atoms in total. The van der Waals surface area contributed by atoms with Crippen LogP contribution in [-0.4, -0.2) is 0 Å². The molecule has 5 aromatic carbocycles. The molecule has 0 atom stereocenters. The number of fused-ring (bicyclic) bond motifs is 2. The van der Waals surface area contributed by atoms with Gasteiger partial charge >= 0.3 is 0 Å². The Balaban J connectivity index is 1.36. The van der Waals surface area contributed by atoms with Crippen LogP contribution in [0, 0.1) is 0 Å². The molecule has 0 aromatic heterocycles. The van der Waals surface area contributed by atoms with Gasteiger partial charge in [-0.1, -0.05) is 70.3 Å². The molecule has 5 aromatic rings. The SMILES string of the molecule is C=C/C=C1/Oc2ccc3c4c(ccc(c24)C1=C)Oc1cc(N(c2ccccc2)c2ccc(C(C)(C)C)cc2)ccc1-3. The Morgan fingerprint density at radius 1 is 0.634 bits per heavy atom. The third-order valence-electron chi connectivity index (χ3n) is 7.94. The first-order chi connectivity index (χ1) is 19.8. The van der Waals surface area contributed by atoms with Crippen LogP contribution >= 0.6 is 0 Å². The lowest BCUT2D eigenvalue weighted by atomic mass is 9.87. The van der Waals surface area contributed by atoms with Gasteiger partial charge in [-0.3, -0.25) is 0 Å². The van der Waals surface area contributed by atoms with Crippen LogP contribution in [0.1, 0.15) is 31.9 Å². The molecule has 0 amide bonds. The maximum Gasteiger partial charge on any atom is 0.137 e. The molecule has 0 saturated carbocycles. The van der Waals surface area contributed by atoms with Crippen molar-refractivity contribution in [2.45, 2.75) is 26.2 Å². The first-order valence-electron chi connectivity index (χ1n) is 13.9. The molecular formula is C38H31NO2. The fraction of sp³-hybridized carbons (Fsp3) is 0.105. The number of rotatable bonds is 4. The summed E-state index contributed by atoms with van der Waals surface area (Å²) in [5.41, 5.74) is 8.69. The number of ether oxygens (including phenoxy) is 2. The summed E-state index contributed by atoms with van der Waals surface area (Å²) in [5.74, 6) is 3.17. The van der Waals surface area contributed by atoms with Gasteiger partial charge in [0, 0.05) is 45.0 Å². The van der Waals surface area contributed by atoms with Gasteiger partial charge in [0.05, 0.1) is 0 Å². The normalized spacial score (nSPS) is 14.3. The Kier molecular flexibility index (Phi) is 5.65. The Hall–Kier alpha value is -5.02. The zero-order chi connectivity index (χ0) is 28.3. The van der Waals surface area contributed by atoms with E-state index in [1.54, 1.807) is 6.08 Å². The number of benzene rings is 5. The minimum absolute atomic E-state index is 0.0886. The molecule has 0 saturated heterocycles. The average Bonchev–Trinajstić information content (AvgIpc) is 2.98. The lowest BCUT2D eigenvalue weighted by Gasteiger charge is -2.30. The van der Waals surface area contributed by atoms with Crippen molar-refractivity contribution in [3.63, 3.8) is 0 Å². The Morgan fingerprint density at radius 2 is 1.24 bits per heavy atom. The van der Waals surface area contributed by atoms with E-state index in [0.29, 0.717) is 5.76 Å². The Morgan fingerprint density at radius 3 is 1.95 bits per heavy atom. The predicted molar refractivity (Wildman–Crippen MR) is 171 cm³/mol. The minimum atomic E-state index is 0.0886. The first-order valence-corrected chi connectivity index (χ1v) is 13.9. The molecule has 0 unspecified atom stereocenters. The van der Waals surface area contributed by atoms with Crippen LogP contribution in [0.15, 0.2) is 128 Å². The molecule has 0 N–H and O–H groups in total. The molecule has 0 aliphatic carbocycles. The highest BCUT2D eigenvalue weighted by atomic mass is 16.5. The van der Waals surface area contributed by atoms with Crippen molar-refractivity contribution >= 4 is 33.4 Å². The molecule has 2 aliphatic rings. The minimum Gasteiger partial charge on any atom is -0.456 e. The lowest BCUT2D eigenvalue weighted by Crippen LogP contribution is -2.13. The maximum absolute atomic E-state index is 6.62. The highest BCUT2D eigenvalue weighted by Crippen LogP contribution is 2.53. The molecule has 0 bridgehead atoms. The second-order valence-corrected chi connectivity index (χ2v) is 11.6. The van der Waals surface area contributed by atoms with Gasteiger partial charge in [0.1, 0.15) is 23.0 Å². The van der Waals surface area contributed by atoms with Gasteiger partial charge in [0.15, 0.2) is 0 Å². The standard InChI is InChI=1S/C38H31NO2/c1-6-10-32-24(2)29-19-21-34-37-31(20-22-33(40-32)36(29)37)30-18-17-28(23-35(30)41-34)39(26-11-8-7-9-12-26)27-15-13-25(14-16-27)38(3,4)5/h6-23H,1-2H2,3-5H3/b32-10+. The molecular weight excluding hydrogens is 502 g/mol. The number of hydrogen-bond donors (Lipinski definition) is 0. The smallest absolute Gasteiger partial charge is 0.137 e. The predicted octanol–water partition coefficient (Wildman–Crippen LogP) is 10.9. The number of hydrogen-bond acceptors (Lipinski definition) is 3. The van der Waals surface area contributed by atoms with E-state index in [1.165, 1.54) is 5.56 Å². The van der Waals surface area contributed by atoms with E-state index in [1.807, 2.05) is 24.3 Å². The summed E-state index contributed by atoms with van der Waals surface area (Å²) in [4.78, 5) is 2.27. The Labute approximate surface area is 241 Å². The number of allylic oxidation sites excluding steroid dienone is 3. The molecule has 2 heterocycles. The quantitative estimate of drug-likeness (QED) is 0.225. The van der Waals surface area contributed by atoms with Crippen LogP contribution in [0.3, 0.4) is 0 Å². The third-order valence-corrected chi connectivity index (χ3v) is 7.94. The van der Waals surface area contributed by atoms with E-state index in [-0.39, 0.29) is 5.41 Å². The molecule has 200 valence electrons. The van der Waals surface area contributed by atoms with Crippen molar-refractivity contribution in [3.8, 4) is 28.4 Å². The van der Waals surface area contributed by atoms with E-state index in [2.05, 4.69) is 118 Å². The molecule has 0 fully saturated rings. The topological polar surface area (TPSA) is 21.7 Å². The van der Waals surface area contributed by atoms with Crippen LogP contribution in [0.5, 0.6) is 17.2 Å². The van der Waals surface area contributed by atoms with Gasteiger partial charge in [-0.2, -0.15) is 0 Å². The zero-order valence-corrected chi connectivity index (χ0v) is 23.6. The lowest BCUT2D eigenvalue weighted by molar-refractivity contribution is 0.449. The van der Waals surface area contributed by atoms with Crippen molar-refractivity contribution in [1.82, 2.24) is 0 Å². The number of anilines is 3. The van der Waals surface area contributed by atoms with Crippen molar-refractivity contribution in [3.05, 3.63) is 139 Å².